The molecule has 0 saturated heterocycles. The van der Waals surface area contributed by atoms with Gasteiger partial charge in [0, 0.05) is 0 Å². The van der Waals surface area contributed by atoms with E-state index in [-0.39, 0.29) is 12.1 Å². The third-order valence-corrected chi connectivity index (χ3v) is 5.37. The number of esters is 1. The molecule has 0 bridgehead atoms. The number of hydrogen-bond acceptors (Lipinski definition) is 2. The van der Waals surface area contributed by atoms with Crippen molar-refractivity contribution >= 4 is 5.97 Å². The van der Waals surface area contributed by atoms with Crippen LogP contribution in [0.15, 0.2) is 30.3 Å². The highest BCUT2D eigenvalue weighted by molar-refractivity contribution is 5.89. The molecule has 2 nitrogen and oxygen atoms in total. The number of benzene rings is 1. The van der Waals surface area contributed by atoms with Gasteiger partial charge in [0.15, 0.2) is 0 Å². The molecular weight excluding hydrogens is 332 g/mol. The number of hydrogen-bond donors (Lipinski definition) is 0. The SMILES string of the molecule is CCCCCCCCCCCCCCCC(CC)OC(=O)c1ccccc1. The van der Waals surface area contributed by atoms with Crippen molar-refractivity contribution in [2.45, 2.75) is 116 Å². The van der Waals surface area contributed by atoms with Crippen molar-refractivity contribution in [3.8, 4) is 0 Å². The van der Waals surface area contributed by atoms with Crippen LogP contribution >= 0.6 is 0 Å². The second-order valence-corrected chi connectivity index (χ2v) is 7.83. The topological polar surface area (TPSA) is 26.3 Å². The number of ether oxygens (including phenoxy) is 1. The van der Waals surface area contributed by atoms with Crippen molar-refractivity contribution < 1.29 is 9.53 Å². The molecule has 0 aliphatic carbocycles. The smallest absolute Gasteiger partial charge is 0.338 e. The third-order valence-electron chi connectivity index (χ3n) is 5.37. The van der Waals surface area contributed by atoms with Gasteiger partial charge in [0.1, 0.15) is 6.10 Å². The molecule has 0 spiro atoms. The van der Waals surface area contributed by atoms with Gasteiger partial charge in [0.05, 0.1) is 5.56 Å². The van der Waals surface area contributed by atoms with Crippen molar-refractivity contribution in [2.24, 2.45) is 0 Å². The summed E-state index contributed by atoms with van der Waals surface area (Å²) in [6, 6.07) is 9.32. The van der Waals surface area contributed by atoms with Crippen molar-refractivity contribution in [3.63, 3.8) is 0 Å². The van der Waals surface area contributed by atoms with Gasteiger partial charge < -0.3 is 4.74 Å². The molecule has 154 valence electrons. The maximum Gasteiger partial charge on any atom is 0.338 e. The molecule has 1 aromatic carbocycles. The summed E-state index contributed by atoms with van der Waals surface area (Å²) in [6.07, 6.45) is 19.7. The van der Waals surface area contributed by atoms with Gasteiger partial charge in [-0.15, -0.1) is 0 Å². The fraction of sp³-hybridized carbons (Fsp3) is 0.720. The van der Waals surface area contributed by atoms with Crippen molar-refractivity contribution in [1.82, 2.24) is 0 Å². The minimum atomic E-state index is -0.183. The summed E-state index contributed by atoms with van der Waals surface area (Å²) in [6.45, 7) is 4.38. The predicted octanol–water partition coefficient (Wildman–Crippen LogP) is 8.10. The van der Waals surface area contributed by atoms with Crippen LogP contribution in [0.5, 0.6) is 0 Å². The van der Waals surface area contributed by atoms with Gasteiger partial charge in [-0.25, -0.2) is 4.79 Å². The lowest BCUT2D eigenvalue weighted by atomic mass is 10.0. The number of carbonyl (C=O) groups is 1. The van der Waals surface area contributed by atoms with Gasteiger partial charge in [-0.3, -0.25) is 0 Å². The van der Waals surface area contributed by atoms with Crippen molar-refractivity contribution in [3.05, 3.63) is 35.9 Å². The summed E-state index contributed by atoms with van der Waals surface area (Å²) in [5, 5.41) is 0. The first-order chi connectivity index (χ1) is 13.3. The normalized spacial score (nSPS) is 12.1. The first-order valence-corrected chi connectivity index (χ1v) is 11.5. The van der Waals surface area contributed by atoms with E-state index in [1.807, 2.05) is 30.3 Å². The maximum absolute atomic E-state index is 12.1. The summed E-state index contributed by atoms with van der Waals surface area (Å²) in [7, 11) is 0. The van der Waals surface area contributed by atoms with Gasteiger partial charge in [-0.1, -0.05) is 109 Å². The largest absolute Gasteiger partial charge is 0.459 e. The molecule has 0 radical (unpaired) electrons. The van der Waals surface area contributed by atoms with E-state index >= 15 is 0 Å². The maximum atomic E-state index is 12.1. The van der Waals surface area contributed by atoms with Crippen molar-refractivity contribution in [1.29, 1.82) is 0 Å². The fourth-order valence-electron chi connectivity index (χ4n) is 3.53. The molecule has 1 aromatic rings. The van der Waals surface area contributed by atoms with Crippen LogP contribution in [0.4, 0.5) is 0 Å². The molecular formula is C25H42O2. The summed E-state index contributed by atoms with van der Waals surface area (Å²) in [4.78, 5) is 12.1. The average Bonchev–Trinajstić information content (AvgIpc) is 2.71. The van der Waals surface area contributed by atoms with Gasteiger partial charge in [-0.2, -0.15) is 0 Å². The summed E-state index contributed by atoms with van der Waals surface area (Å²) < 4.78 is 5.65. The molecule has 1 rings (SSSR count). The monoisotopic (exact) mass is 374 g/mol. The van der Waals surface area contributed by atoms with Gasteiger partial charge >= 0.3 is 5.97 Å². The van der Waals surface area contributed by atoms with Crippen LogP contribution in [-0.4, -0.2) is 12.1 Å². The van der Waals surface area contributed by atoms with E-state index in [2.05, 4.69) is 13.8 Å². The highest BCUT2D eigenvalue weighted by Crippen LogP contribution is 2.16. The standard InChI is InChI=1S/C25H42O2/c1-3-5-6-7-8-9-10-11-12-13-14-15-19-22-24(4-2)27-25(26)23-20-17-16-18-21-23/h16-18,20-21,24H,3-15,19,22H2,1-2H3. The molecule has 0 saturated carbocycles. The molecule has 0 amide bonds. The predicted molar refractivity (Wildman–Crippen MR) is 116 cm³/mol. The van der Waals surface area contributed by atoms with Crippen LogP contribution in [0.1, 0.15) is 121 Å². The van der Waals surface area contributed by atoms with Crippen LogP contribution in [0.25, 0.3) is 0 Å². The Hall–Kier alpha value is -1.31. The molecule has 0 N–H and O–H groups in total. The Bertz CT molecular complexity index is 455. The van der Waals surface area contributed by atoms with E-state index in [0.29, 0.717) is 5.56 Å². The lowest BCUT2D eigenvalue weighted by Crippen LogP contribution is -2.17. The van der Waals surface area contributed by atoms with E-state index in [4.69, 9.17) is 4.74 Å². The Labute approximate surface area is 168 Å². The number of unbranched alkanes of at least 4 members (excludes halogenated alkanes) is 12. The lowest BCUT2D eigenvalue weighted by Gasteiger charge is -2.16. The molecule has 0 fully saturated rings. The van der Waals surface area contributed by atoms with Crippen LogP contribution in [0, 0.1) is 0 Å². The molecule has 1 unspecified atom stereocenters. The zero-order valence-corrected chi connectivity index (χ0v) is 17.9. The zero-order valence-electron chi connectivity index (χ0n) is 17.9. The van der Waals surface area contributed by atoms with E-state index in [9.17, 15) is 4.79 Å². The van der Waals surface area contributed by atoms with Gasteiger partial charge in [-0.05, 0) is 31.4 Å². The summed E-state index contributed by atoms with van der Waals surface area (Å²) in [5.41, 5.74) is 0.654. The number of rotatable bonds is 17. The molecule has 0 aromatic heterocycles. The highest BCUT2D eigenvalue weighted by Gasteiger charge is 2.13. The minimum absolute atomic E-state index is 0.0606. The Morgan fingerprint density at radius 1 is 0.741 bits per heavy atom. The second-order valence-electron chi connectivity index (χ2n) is 7.83. The van der Waals surface area contributed by atoms with E-state index in [0.717, 1.165) is 19.3 Å². The molecule has 1 atom stereocenters. The second kappa shape index (κ2) is 16.8. The van der Waals surface area contributed by atoms with Gasteiger partial charge in [0.25, 0.3) is 0 Å². The molecule has 0 aliphatic heterocycles. The first kappa shape index (κ1) is 23.7. The van der Waals surface area contributed by atoms with Crippen LogP contribution in [-0.2, 0) is 4.74 Å². The summed E-state index contributed by atoms with van der Waals surface area (Å²) >= 11 is 0. The van der Waals surface area contributed by atoms with Gasteiger partial charge in [0.2, 0.25) is 0 Å². The minimum Gasteiger partial charge on any atom is -0.459 e. The highest BCUT2D eigenvalue weighted by atomic mass is 16.5. The fourth-order valence-corrected chi connectivity index (χ4v) is 3.53. The Balaban J connectivity index is 1.95. The molecule has 0 heterocycles. The van der Waals surface area contributed by atoms with Crippen LogP contribution in [0.2, 0.25) is 0 Å². The van der Waals surface area contributed by atoms with Crippen molar-refractivity contribution in [2.75, 3.05) is 0 Å². The molecule has 2 heteroatoms. The Morgan fingerprint density at radius 2 is 1.22 bits per heavy atom. The first-order valence-electron chi connectivity index (χ1n) is 11.5. The average molecular weight is 375 g/mol. The lowest BCUT2D eigenvalue weighted by molar-refractivity contribution is 0.0267. The van der Waals surface area contributed by atoms with Crippen LogP contribution < -0.4 is 0 Å². The molecule has 27 heavy (non-hydrogen) atoms. The quantitative estimate of drug-likeness (QED) is 0.203. The summed E-state index contributed by atoms with van der Waals surface area (Å²) in [5.74, 6) is -0.183. The molecule has 0 aliphatic rings. The Morgan fingerprint density at radius 3 is 1.70 bits per heavy atom. The van der Waals surface area contributed by atoms with E-state index in [1.165, 1.54) is 77.0 Å². The van der Waals surface area contributed by atoms with E-state index < -0.39 is 0 Å². The number of carbonyl (C=O) groups excluding carboxylic acids is 1. The Kier molecular flexibility index (Phi) is 14.8. The third kappa shape index (κ3) is 12.7. The van der Waals surface area contributed by atoms with E-state index in [1.54, 1.807) is 0 Å². The van der Waals surface area contributed by atoms with Crippen LogP contribution in [0.3, 0.4) is 0 Å². The zero-order chi connectivity index (χ0) is 19.6.